The summed E-state index contributed by atoms with van der Waals surface area (Å²) in [6, 6.07) is 11.8. The van der Waals surface area contributed by atoms with Crippen LogP contribution in [-0.4, -0.2) is 22.6 Å². The minimum atomic E-state index is 0.285. The van der Waals surface area contributed by atoms with Gasteiger partial charge in [0.15, 0.2) is 0 Å². The van der Waals surface area contributed by atoms with Gasteiger partial charge in [0.05, 0.1) is 17.8 Å². The third-order valence-electron chi connectivity index (χ3n) is 4.56. The first kappa shape index (κ1) is 12.9. The smallest absolute Gasteiger partial charge is 0.0756 e. The predicted octanol–water partition coefficient (Wildman–Crippen LogP) is 1.34. The van der Waals surface area contributed by atoms with Crippen LogP contribution >= 0.6 is 0 Å². The van der Waals surface area contributed by atoms with Crippen LogP contribution in [0.15, 0.2) is 48.9 Å². The Labute approximate surface area is 124 Å². The Morgan fingerprint density at radius 2 is 1.95 bits per heavy atom. The molecular formula is C16H19N5. The van der Waals surface area contributed by atoms with Crippen molar-refractivity contribution in [1.82, 2.24) is 26.1 Å². The van der Waals surface area contributed by atoms with Gasteiger partial charge in [-0.2, -0.15) is 0 Å². The average Bonchev–Trinajstić information content (AvgIpc) is 2.99. The lowest BCUT2D eigenvalue weighted by Gasteiger charge is -2.33. The van der Waals surface area contributed by atoms with E-state index >= 15 is 0 Å². The van der Waals surface area contributed by atoms with Crippen LogP contribution < -0.4 is 16.2 Å². The molecule has 5 heteroatoms. The molecule has 21 heavy (non-hydrogen) atoms. The largest absolute Gasteiger partial charge is 0.307 e. The summed E-state index contributed by atoms with van der Waals surface area (Å²) in [6.45, 7) is 0.947. The van der Waals surface area contributed by atoms with Crippen molar-refractivity contribution in [3.05, 3.63) is 60.2 Å². The highest BCUT2D eigenvalue weighted by Gasteiger charge is 2.41. The minimum Gasteiger partial charge on any atom is -0.307 e. The first-order chi connectivity index (χ1) is 10.4. The van der Waals surface area contributed by atoms with Crippen LogP contribution in [0, 0.1) is 5.92 Å². The first-order valence-corrected chi connectivity index (χ1v) is 7.47. The molecule has 4 rings (SSSR count). The number of piperidine rings is 1. The van der Waals surface area contributed by atoms with Crippen molar-refractivity contribution in [3.8, 4) is 0 Å². The number of hydrogen-bond acceptors (Lipinski definition) is 5. The Morgan fingerprint density at radius 3 is 2.76 bits per heavy atom. The average molecular weight is 281 g/mol. The maximum atomic E-state index is 4.45. The maximum Gasteiger partial charge on any atom is 0.0756 e. The predicted molar refractivity (Wildman–Crippen MR) is 80.1 cm³/mol. The SMILES string of the molecule is c1ccc(C2NNC3CNC(c4cnccn4)CC32)cc1. The second kappa shape index (κ2) is 5.52. The number of hydrogen-bond donors (Lipinski definition) is 3. The first-order valence-electron chi connectivity index (χ1n) is 7.47. The van der Waals surface area contributed by atoms with E-state index in [9.17, 15) is 0 Å². The molecule has 4 unspecified atom stereocenters. The van der Waals surface area contributed by atoms with Gasteiger partial charge in [-0.1, -0.05) is 30.3 Å². The molecule has 0 aliphatic carbocycles. The highest BCUT2D eigenvalue weighted by Crippen LogP contribution is 2.37. The Balaban J connectivity index is 1.56. The van der Waals surface area contributed by atoms with E-state index in [2.05, 4.69) is 56.5 Å². The van der Waals surface area contributed by atoms with Crippen LogP contribution in [0.4, 0.5) is 0 Å². The highest BCUT2D eigenvalue weighted by atomic mass is 15.4. The van der Waals surface area contributed by atoms with Gasteiger partial charge in [0.1, 0.15) is 0 Å². The van der Waals surface area contributed by atoms with Crippen LogP contribution in [0.1, 0.15) is 29.8 Å². The third kappa shape index (κ3) is 2.44. The van der Waals surface area contributed by atoms with E-state index in [4.69, 9.17) is 0 Å². The molecule has 0 saturated carbocycles. The number of benzene rings is 1. The van der Waals surface area contributed by atoms with Gasteiger partial charge in [0, 0.05) is 31.2 Å². The van der Waals surface area contributed by atoms with Gasteiger partial charge in [-0.3, -0.25) is 15.4 Å². The molecule has 0 bridgehead atoms. The van der Waals surface area contributed by atoms with E-state index in [1.165, 1.54) is 5.56 Å². The molecule has 3 heterocycles. The lowest BCUT2D eigenvalue weighted by atomic mass is 9.81. The Kier molecular flexibility index (Phi) is 3.39. The molecule has 2 saturated heterocycles. The summed E-state index contributed by atoms with van der Waals surface area (Å²) in [5.74, 6) is 0.556. The van der Waals surface area contributed by atoms with Crippen molar-refractivity contribution in [2.24, 2.45) is 5.92 Å². The quantitative estimate of drug-likeness (QED) is 0.775. The molecule has 0 spiro atoms. The van der Waals surface area contributed by atoms with E-state index in [0.29, 0.717) is 18.0 Å². The zero-order valence-corrected chi connectivity index (χ0v) is 11.7. The summed E-state index contributed by atoms with van der Waals surface area (Å²) in [6.07, 6.45) is 6.41. The van der Waals surface area contributed by atoms with E-state index in [-0.39, 0.29) is 6.04 Å². The van der Waals surface area contributed by atoms with Crippen LogP contribution in [0.25, 0.3) is 0 Å². The fraction of sp³-hybridized carbons (Fsp3) is 0.375. The van der Waals surface area contributed by atoms with Gasteiger partial charge in [0.25, 0.3) is 0 Å². The molecule has 0 amide bonds. The number of nitrogens with zero attached hydrogens (tertiary/aromatic N) is 2. The molecule has 1 aromatic heterocycles. The number of hydrazine groups is 1. The monoisotopic (exact) mass is 281 g/mol. The van der Waals surface area contributed by atoms with E-state index < -0.39 is 0 Å². The molecule has 2 aliphatic rings. The molecule has 0 radical (unpaired) electrons. The number of fused-ring (bicyclic) bond motifs is 1. The van der Waals surface area contributed by atoms with Crippen LogP contribution in [0.3, 0.4) is 0 Å². The van der Waals surface area contributed by atoms with Crippen LogP contribution in [0.2, 0.25) is 0 Å². The minimum absolute atomic E-state index is 0.285. The topological polar surface area (TPSA) is 61.9 Å². The normalized spacial score (nSPS) is 31.8. The van der Waals surface area contributed by atoms with Crippen molar-refractivity contribution in [2.45, 2.75) is 24.5 Å². The van der Waals surface area contributed by atoms with Crippen molar-refractivity contribution in [3.63, 3.8) is 0 Å². The molecule has 4 atom stereocenters. The van der Waals surface area contributed by atoms with Gasteiger partial charge in [-0.15, -0.1) is 0 Å². The van der Waals surface area contributed by atoms with Gasteiger partial charge in [-0.05, 0) is 17.9 Å². The highest BCUT2D eigenvalue weighted by molar-refractivity contribution is 5.22. The molecule has 2 fully saturated rings. The third-order valence-corrected chi connectivity index (χ3v) is 4.56. The lowest BCUT2D eigenvalue weighted by Crippen LogP contribution is -2.46. The molecular weight excluding hydrogens is 262 g/mol. The molecule has 2 aromatic rings. The fourth-order valence-electron chi connectivity index (χ4n) is 3.48. The lowest BCUT2D eigenvalue weighted by molar-refractivity contribution is 0.263. The van der Waals surface area contributed by atoms with E-state index in [1.54, 1.807) is 12.4 Å². The van der Waals surface area contributed by atoms with Crippen molar-refractivity contribution in [1.29, 1.82) is 0 Å². The Bertz CT molecular complexity index is 588. The Hall–Kier alpha value is -1.82. The summed E-state index contributed by atoms with van der Waals surface area (Å²) >= 11 is 0. The molecule has 5 nitrogen and oxygen atoms in total. The molecule has 2 aliphatic heterocycles. The molecule has 108 valence electrons. The second-order valence-electron chi connectivity index (χ2n) is 5.77. The maximum absolute atomic E-state index is 4.45. The molecule has 1 aromatic carbocycles. The van der Waals surface area contributed by atoms with Crippen molar-refractivity contribution < 1.29 is 0 Å². The van der Waals surface area contributed by atoms with Crippen molar-refractivity contribution in [2.75, 3.05) is 6.54 Å². The zero-order chi connectivity index (χ0) is 14.1. The van der Waals surface area contributed by atoms with Gasteiger partial charge in [0.2, 0.25) is 0 Å². The standard InChI is InChI=1S/C16H19N5/c1-2-4-11(5-3-1)16-12-8-13(15-9-17-6-7-18-15)19-10-14(12)20-21-16/h1-7,9,12-14,16,19-21H,8,10H2. The van der Waals surface area contributed by atoms with E-state index in [1.807, 2.05) is 6.20 Å². The van der Waals surface area contributed by atoms with Gasteiger partial charge < -0.3 is 5.32 Å². The zero-order valence-electron chi connectivity index (χ0n) is 11.7. The Morgan fingerprint density at radius 1 is 1.05 bits per heavy atom. The molecule has 3 N–H and O–H groups in total. The van der Waals surface area contributed by atoms with Gasteiger partial charge in [-0.25, -0.2) is 5.43 Å². The van der Waals surface area contributed by atoms with Gasteiger partial charge >= 0.3 is 0 Å². The summed E-state index contributed by atoms with van der Waals surface area (Å²) < 4.78 is 0. The summed E-state index contributed by atoms with van der Waals surface area (Å²) in [7, 11) is 0. The number of nitrogens with one attached hydrogen (secondary N) is 3. The number of aromatic nitrogens is 2. The van der Waals surface area contributed by atoms with Crippen LogP contribution in [0.5, 0.6) is 0 Å². The van der Waals surface area contributed by atoms with E-state index in [0.717, 1.165) is 18.7 Å². The number of rotatable bonds is 2. The summed E-state index contributed by atoms with van der Waals surface area (Å²) in [5.41, 5.74) is 9.27. The fourth-order valence-corrected chi connectivity index (χ4v) is 3.48. The second-order valence-corrected chi connectivity index (χ2v) is 5.77. The summed E-state index contributed by atoms with van der Waals surface area (Å²) in [5, 5.41) is 3.57. The van der Waals surface area contributed by atoms with Crippen LogP contribution in [-0.2, 0) is 0 Å². The summed E-state index contributed by atoms with van der Waals surface area (Å²) in [4.78, 5) is 8.64. The van der Waals surface area contributed by atoms with Crippen molar-refractivity contribution >= 4 is 0 Å².